The van der Waals surface area contributed by atoms with Crippen molar-refractivity contribution in [2.45, 2.75) is 0 Å². The van der Waals surface area contributed by atoms with Crippen LogP contribution in [-0.4, -0.2) is 15.0 Å². The van der Waals surface area contributed by atoms with Crippen molar-refractivity contribution in [1.29, 1.82) is 0 Å². The normalized spacial score (nSPS) is 10.7. The van der Waals surface area contributed by atoms with Gasteiger partial charge in [-0.05, 0) is 24.3 Å². The van der Waals surface area contributed by atoms with Crippen molar-refractivity contribution in [2.75, 3.05) is 11.1 Å². The molecule has 18 heavy (non-hydrogen) atoms. The van der Waals surface area contributed by atoms with Crippen LogP contribution < -0.4 is 11.1 Å². The van der Waals surface area contributed by atoms with E-state index in [1.54, 1.807) is 6.07 Å². The molecule has 0 saturated heterocycles. The molecular formula is C12H10ClN5. The maximum Gasteiger partial charge on any atom is 0.223 e. The Morgan fingerprint density at radius 1 is 1.17 bits per heavy atom. The molecule has 0 fully saturated rings. The molecule has 0 radical (unpaired) electrons. The van der Waals surface area contributed by atoms with Crippen LogP contribution in [0.1, 0.15) is 0 Å². The number of anilines is 3. The van der Waals surface area contributed by atoms with Crippen molar-refractivity contribution in [1.82, 2.24) is 15.0 Å². The van der Waals surface area contributed by atoms with Gasteiger partial charge in [-0.1, -0.05) is 11.6 Å². The first-order chi connectivity index (χ1) is 8.70. The largest absolute Gasteiger partial charge is 0.368 e. The Hall–Kier alpha value is -2.27. The lowest BCUT2D eigenvalue weighted by molar-refractivity contribution is 1.18. The molecule has 0 aliphatic rings. The lowest BCUT2D eigenvalue weighted by Crippen LogP contribution is -1.99. The quantitative estimate of drug-likeness (QED) is 0.618. The van der Waals surface area contributed by atoms with Gasteiger partial charge in [0.05, 0.1) is 0 Å². The number of fused-ring (bicyclic) bond motifs is 1. The Labute approximate surface area is 108 Å². The average Bonchev–Trinajstić information content (AvgIpc) is 2.74. The molecule has 0 saturated carbocycles. The minimum absolute atomic E-state index is 0.146. The number of nitrogens with zero attached hydrogens (tertiary/aromatic N) is 2. The summed E-state index contributed by atoms with van der Waals surface area (Å²) < 4.78 is 0. The van der Waals surface area contributed by atoms with Crippen molar-refractivity contribution in [2.24, 2.45) is 0 Å². The highest BCUT2D eigenvalue weighted by Crippen LogP contribution is 2.22. The summed E-state index contributed by atoms with van der Waals surface area (Å²) >= 11 is 5.82. The van der Waals surface area contributed by atoms with E-state index in [9.17, 15) is 0 Å². The fourth-order valence-corrected chi connectivity index (χ4v) is 1.97. The molecule has 4 N–H and O–H groups in total. The van der Waals surface area contributed by atoms with Crippen molar-refractivity contribution in [3.8, 4) is 0 Å². The predicted octanol–water partition coefficient (Wildman–Crippen LogP) is 2.94. The smallest absolute Gasteiger partial charge is 0.223 e. The zero-order chi connectivity index (χ0) is 12.5. The molecule has 3 rings (SSSR count). The molecule has 0 aliphatic heterocycles. The van der Waals surface area contributed by atoms with Gasteiger partial charge < -0.3 is 16.0 Å². The van der Waals surface area contributed by atoms with Gasteiger partial charge in [0, 0.05) is 28.9 Å². The molecule has 0 aliphatic carbocycles. The number of aromatic nitrogens is 3. The number of halogens is 1. The van der Waals surface area contributed by atoms with Crippen LogP contribution in [0, 0.1) is 0 Å². The third kappa shape index (κ3) is 2.08. The number of H-pyrrole nitrogens is 1. The molecule has 0 bridgehead atoms. The number of hydrogen-bond acceptors (Lipinski definition) is 4. The van der Waals surface area contributed by atoms with E-state index in [1.807, 2.05) is 30.5 Å². The van der Waals surface area contributed by atoms with Gasteiger partial charge in [0.15, 0.2) is 0 Å². The predicted molar refractivity (Wildman–Crippen MR) is 73.0 cm³/mol. The molecule has 5 nitrogen and oxygen atoms in total. The second-order valence-corrected chi connectivity index (χ2v) is 4.23. The second kappa shape index (κ2) is 4.19. The zero-order valence-electron chi connectivity index (χ0n) is 9.31. The van der Waals surface area contributed by atoms with Gasteiger partial charge in [-0.15, -0.1) is 0 Å². The summed E-state index contributed by atoms with van der Waals surface area (Å²) in [5.74, 6) is 0.718. The van der Waals surface area contributed by atoms with E-state index in [1.165, 1.54) is 0 Å². The van der Waals surface area contributed by atoms with Crippen LogP contribution in [0.4, 0.5) is 17.5 Å². The number of nitrogen functional groups attached to an aromatic ring is 1. The lowest BCUT2D eigenvalue weighted by atomic mass is 10.2. The maximum absolute atomic E-state index is 5.82. The van der Waals surface area contributed by atoms with Crippen LogP contribution in [0.5, 0.6) is 0 Å². The van der Waals surface area contributed by atoms with E-state index in [2.05, 4.69) is 20.3 Å². The summed E-state index contributed by atoms with van der Waals surface area (Å²) in [5.41, 5.74) is 7.53. The third-order valence-corrected chi connectivity index (χ3v) is 2.73. The number of nitrogens with two attached hydrogens (primary N) is 1. The van der Waals surface area contributed by atoms with Crippen LogP contribution in [0.2, 0.25) is 5.15 Å². The summed E-state index contributed by atoms with van der Waals surface area (Å²) in [6.07, 6.45) is 1.90. The highest BCUT2D eigenvalue weighted by atomic mass is 35.5. The Morgan fingerprint density at radius 2 is 2.06 bits per heavy atom. The Bertz CT molecular complexity index is 686. The van der Waals surface area contributed by atoms with Gasteiger partial charge in [0.25, 0.3) is 0 Å². The van der Waals surface area contributed by atoms with Crippen LogP contribution in [0.3, 0.4) is 0 Å². The topological polar surface area (TPSA) is 79.6 Å². The number of rotatable bonds is 2. The maximum atomic E-state index is 5.82. The standard InChI is InChI=1S/C12H10ClN5/c13-10-6-11(18-12(14)17-10)16-8-1-2-9-7(5-8)3-4-15-9/h1-6,15H,(H3,14,16,17,18). The van der Waals surface area contributed by atoms with E-state index in [4.69, 9.17) is 17.3 Å². The number of hydrogen-bond donors (Lipinski definition) is 3. The molecule has 90 valence electrons. The van der Waals surface area contributed by atoms with Gasteiger partial charge in [0.2, 0.25) is 5.95 Å². The molecule has 6 heteroatoms. The highest BCUT2D eigenvalue weighted by Gasteiger charge is 2.02. The highest BCUT2D eigenvalue weighted by molar-refractivity contribution is 6.29. The SMILES string of the molecule is Nc1nc(Cl)cc(Nc2ccc3[nH]ccc3c2)n1. The summed E-state index contributed by atoms with van der Waals surface area (Å²) in [6, 6.07) is 9.58. The van der Waals surface area contributed by atoms with E-state index in [-0.39, 0.29) is 5.95 Å². The van der Waals surface area contributed by atoms with Crippen molar-refractivity contribution >= 4 is 40.0 Å². The molecule has 2 aromatic heterocycles. The Balaban J connectivity index is 1.95. The molecule has 0 amide bonds. The summed E-state index contributed by atoms with van der Waals surface area (Å²) in [6.45, 7) is 0. The van der Waals surface area contributed by atoms with Crippen LogP contribution in [0.25, 0.3) is 10.9 Å². The van der Waals surface area contributed by atoms with E-state index < -0.39 is 0 Å². The Morgan fingerprint density at radius 3 is 2.89 bits per heavy atom. The molecule has 3 aromatic rings. The van der Waals surface area contributed by atoms with Crippen molar-refractivity contribution in [3.05, 3.63) is 41.7 Å². The third-order valence-electron chi connectivity index (χ3n) is 2.54. The minimum atomic E-state index is 0.146. The van der Waals surface area contributed by atoms with Crippen molar-refractivity contribution in [3.63, 3.8) is 0 Å². The monoisotopic (exact) mass is 259 g/mol. The molecule has 0 atom stereocenters. The second-order valence-electron chi connectivity index (χ2n) is 3.84. The van der Waals surface area contributed by atoms with E-state index in [0.29, 0.717) is 11.0 Å². The fraction of sp³-hybridized carbons (Fsp3) is 0. The first-order valence-electron chi connectivity index (χ1n) is 5.35. The molecule has 1 aromatic carbocycles. The zero-order valence-corrected chi connectivity index (χ0v) is 10.1. The molecule has 2 heterocycles. The van der Waals surface area contributed by atoms with Crippen LogP contribution in [0.15, 0.2) is 36.5 Å². The minimum Gasteiger partial charge on any atom is -0.368 e. The van der Waals surface area contributed by atoms with Crippen LogP contribution in [-0.2, 0) is 0 Å². The average molecular weight is 260 g/mol. The van der Waals surface area contributed by atoms with Crippen molar-refractivity contribution < 1.29 is 0 Å². The first kappa shape index (κ1) is 10.9. The van der Waals surface area contributed by atoms with E-state index >= 15 is 0 Å². The van der Waals surface area contributed by atoms with E-state index in [0.717, 1.165) is 16.6 Å². The number of aromatic amines is 1. The van der Waals surface area contributed by atoms with Gasteiger partial charge in [-0.25, -0.2) is 4.98 Å². The fourth-order valence-electron chi connectivity index (χ4n) is 1.78. The van der Waals surface area contributed by atoms with Gasteiger partial charge in [0.1, 0.15) is 11.0 Å². The lowest BCUT2D eigenvalue weighted by Gasteiger charge is -2.06. The Kier molecular flexibility index (Phi) is 2.53. The summed E-state index contributed by atoms with van der Waals surface area (Å²) in [5, 5.41) is 4.57. The molecule has 0 unspecified atom stereocenters. The molecular weight excluding hydrogens is 250 g/mol. The summed E-state index contributed by atoms with van der Waals surface area (Å²) in [7, 11) is 0. The first-order valence-corrected chi connectivity index (χ1v) is 5.73. The van der Waals surface area contributed by atoms with Crippen LogP contribution >= 0.6 is 11.6 Å². The molecule has 0 spiro atoms. The number of nitrogens with one attached hydrogen (secondary N) is 2. The number of benzene rings is 1. The van der Waals surface area contributed by atoms with Gasteiger partial charge in [-0.3, -0.25) is 0 Å². The van der Waals surface area contributed by atoms with Gasteiger partial charge >= 0.3 is 0 Å². The van der Waals surface area contributed by atoms with Gasteiger partial charge in [-0.2, -0.15) is 4.98 Å². The summed E-state index contributed by atoms with van der Waals surface area (Å²) in [4.78, 5) is 11.0.